The van der Waals surface area contributed by atoms with E-state index in [2.05, 4.69) is 20.4 Å². The van der Waals surface area contributed by atoms with Crippen LogP contribution in [0.4, 0.5) is 0 Å². The Morgan fingerprint density at radius 1 is 0.857 bits per heavy atom. The second kappa shape index (κ2) is 136. The fourth-order valence-corrected chi connectivity index (χ4v) is 0.136. The van der Waals surface area contributed by atoms with E-state index in [4.69, 9.17) is 0 Å². The smallest absolute Gasteiger partial charge is 0.0467 e. The lowest BCUT2D eigenvalue weighted by molar-refractivity contribution is 1.09. The standard InChI is InChI=1S/C5H8.C3H8.3C2H6/c1-3-5-4-2;1-3-2;3*1-2/h3-5H,1H2,2H3;3H2,1-2H3;3*1-2H3/b5-4-;;;;. The van der Waals surface area contributed by atoms with Crippen molar-refractivity contribution in [3.63, 3.8) is 0 Å². The molecule has 0 atom stereocenters. The summed E-state index contributed by atoms with van der Waals surface area (Å²) in [5.41, 5.74) is 0. The van der Waals surface area contributed by atoms with Gasteiger partial charge in [0.2, 0.25) is 0 Å². The number of rotatable bonds is 1. The van der Waals surface area contributed by atoms with Gasteiger partial charge in [0.25, 0.3) is 0 Å². The third-order valence-electron chi connectivity index (χ3n) is 0.329. The van der Waals surface area contributed by atoms with Crippen molar-refractivity contribution < 1.29 is 0 Å². The molecule has 0 unspecified atom stereocenters. The molecule has 0 aliphatic heterocycles. The summed E-state index contributed by atoms with van der Waals surface area (Å²) in [5, 5.41) is 0. The molecule has 0 saturated carbocycles. The maximum absolute atomic E-state index is 3.46. The quantitative estimate of drug-likeness (QED) is 0.441. The average Bonchev–Trinajstić information content (AvgIpc) is 2.29. The van der Waals surface area contributed by atoms with Crippen molar-refractivity contribution >= 4 is 0 Å². The molecular formula is C14H34. The Kier molecular flexibility index (Phi) is 283. The predicted octanol–water partition coefficient (Wildman–Crippen LogP) is 6.24. The molecule has 0 fully saturated rings. The molecule has 0 heteroatoms. The highest BCUT2D eigenvalue weighted by atomic mass is 13.5. The van der Waals surface area contributed by atoms with E-state index in [9.17, 15) is 0 Å². The molecule has 0 spiro atoms. The van der Waals surface area contributed by atoms with Crippen molar-refractivity contribution in [3.8, 4) is 0 Å². The summed E-state index contributed by atoms with van der Waals surface area (Å²) < 4.78 is 0. The van der Waals surface area contributed by atoms with Crippen molar-refractivity contribution in [3.05, 3.63) is 24.8 Å². The monoisotopic (exact) mass is 202 g/mol. The summed E-state index contributed by atoms with van der Waals surface area (Å²) >= 11 is 0. The number of hydrogen-bond acceptors (Lipinski definition) is 0. The molecule has 0 N–H and O–H groups in total. The molecule has 90 valence electrons. The fourth-order valence-electron chi connectivity index (χ4n) is 0.136. The van der Waals surface area contributed by atoms with Crippen molar-refractivity contribution in [2.24, 2.45) is 0 Å². The molecule has 0 aliphatic carbocycles. The molecule has 0 nitrogen and oxygen atoms in total. The normalized spacial score (nSPS) is 5.79. The van der Waals surface area contributed by atoms with Gasteiger partial charge in [-0.1, -0.05) is 86.6 Å². The Morgan fingerprint density at radius 2 is 1.07 bits per heavy atom. The van der Waals surface area contributed by atoms with Crippen LogP contribution >= 0.6 is 0 Å². The van der Waals surface area contributed by atoms with Gasteiger partial charge in [0.15, 0.2) is 0 Å². The summed E-state index contributed by atoms with van der Waals surface area (Å²) in [4.78, 5) is 0. The SMILES string of the molecule is C=C/C=C\C.CC.CC.CC.CCC. The summed E-state index contributed by atoms with van der Waals surface area (Å²) in [5.74, 6) is 0. The molecule has 0 saturated heterocycles. The van der Waals surface area contributed by atoms with Crippen LogP contribution in [0.2, 0.25) is 0 Å². The van der Waals surface area contributed by atoms with E-state index < -0.39 is 0 Å². The van der Waals surface area contributed by atoms with Gasteiger partial charge in [0, 0.05) is 0 Å². The van der Waals surface area contributed by atoms with Gasteiger partial charge in [-0.3, -0.25) is 0 Å². The molecule has 0 aromatic rings. The van der Waals surface area contributed by atoms with Crippen LogP contribution in [0.3, 0.4) is 0 Å². The minimum atomic E-state index is 1.25. The van der Waals surface area contributed by atoms with E-state index >= 15 is 0 Å². The molecule has 14 heavy (non-hydrogen) atoms. The van der Waals surface area contributed by atoms with Crippen molar-refractivity contribution in [2.75, 3.05) is 0 Å². The predicted molar refractivity (Wildman–Crippen MR) is 75.0 cm³/mol. The first-order valence-electron chi connectivity index (χ1n) is 6.07. The van der Waals surface area contributed by atoms with Gasteiger partial charge in [0.05, 0.1) is 0 Å². The van der Waals surface area contributed by atoms with E-state index in [1.165, 1.54) is 6.42 Å². The van der Waals surface area contributed by atoms with Crippen LogP contribution in [-0.2, 0) is 0 Å². The van der Waals surface area contributed by atoms with Crippen molar-refractivity contribution in [2.45, 2.75) is 68.7 Å². The first kappa shape index (κ1) is 29.2. The van der Waals surface area contributed by atoms with Crippen molar-refractivity contribution in [1.29, 1.82) is 0 Å². The molecule has 0 heterocycles. The first-order valence-corrected chi connectivity index (χ1v) is 6.07. The highest BCUT2D eigenvalue weighted by molar-refractivity contribution is 4.94. The van der Waals surface area contributed by atoms with Gasteiger partial charge in [-0.05, 0) is 6.92 Å². The van der Waals surface area contributed by atoms with Gasteiger partial charge in [0.1, 0.15) is 0 Å². The van der Waals surface area contributed by atoms with Crippen LogP contribution in [0.25, 0.3) is 0 Å². The zero-order chi connectivity index (χ0) is 12.8. The molecule has 0 amide bonds. The summed E-state index contributed by atoms with van der Waals surface area (Å²) in [7, 11) is 0. The van der Waals surface area contributed by atoms with Crippen LogP contribution in [0.1, 0.15) is 68.7 Å². The Bertz CT molecular complexity index is 51.1. The molecule has 0 aliphatic rings. The van der Waals surface area contributed by atoms with Crippen LogP contribution in [0.15, 0.2) is 24.8 Å². The third kappa shape index (κ3) is 576. The van der Waals surface area contributed by atoms with Gasteiger partial charge >= 0.3 is 0 Å². The largest absolute Gasteiger partial charge is 0.0991 e. The van der Waals surface area contributed by atoms with Gasteiger partial charge < -0.3 is 0 Å². The molecule has 0 rings (SSSR count). The molecular weight excluding hydrogens is 168 g/mol. The van der Waals surface area contributed by atoms with Crippen LogP contribution < -0.4 is 0 Å². The van der Waals surface area contributed by atoms with Crippen LogP contribution in [0.5, 0.6) is 0 Å². The average molecular weight is 202 g/mol. The van der Waals surface area contributed by atoms with E-state index in [0.717, 1.165) is 0 Å². The lowest BCUT2D eigenvalue weighted by atomic mass is 10.5. The minimum Gasteiger partial charge on any atom is -0.0991 e. The van der Waals surface area contributed by atoms with E-state index in [1.54, 1.807) is 6.08 Å². The Labute approximate surface area is 94.1 Å². The van der Waals surface area contributed by atoms with Crippen molar-refractivity contribution in [1.82, 2.24) is 0 Å². The van der Waals surface area contributed by atoms with Crippen LogP contribution in [0, 0.1) is 0 Å². The zero-order valence-electron chi connectivity index (χ0n) is 12.1. The summed E-state index contributed by atoms with van der Waals surface area (Å²) in [6.07, 6.45) is 6.83. The Balaban J connectivity index is -0.0000000263. The van der Waals surface area contributed by atoms with E-state index in [1.807, 2.05) is 60.6 Å². The summed E-state index contributed by atoms with van der Waals surface area (Å²) in [6, 6.07) is 0. The first-order chi connectivity index (χ1) is 6.83. The van der Waals surface area contributed by atoms with E-state index in [-0.39, 0.29) is 0 Å². The van der Waals surface area contributed by atoms with Gasteiger partial charge in [-0.15, -0.1) is 0 Å². The maximum Gasteiger partial charge on any atom is -0.0467 e. The third-order valence-corrected chi connectivity index (χ3v) is 0.329. The van der Waals surface area contributed by atoms with Crippen LogP contribution in [-0.4, -0.2) is 0 Å². The molecule has 0 radical (unpaired) electrons. The second-order valence-electron chi connectivity index (χ2n) is 1.47. The van der Waals surface area contributed by atoms with Gasteiger partial charge in [-0.2, -0.15) is 0 Å². The lowest BCUT2D eigenvalue weighted by Gasteiger charge is -1.56. The fraction of sp³-hybridized carbons (Fsp3) is 0.714. The highest BCUT2D eigenvalue weighted by Gasteiger charge is 1.42. The topological polar surface area (TPSA) is 0 Å². The lowest BCUT2D eigenvalue weighted by Crippen LogP contribution is -1.33. The van der Waals surface area contributed by atoms with Gasteiger partial charge in [-0.25, -0.2) is 0 Å². The molecule has 0 aromatic carbocycles. The minimum absolute atomic E-state index is 1.25. The Morgan fingerprint density at radius 3 is 1.07 bits per heavy atom. The number of allylic oxidation sites excluding steroid dienone is 3. The molecule has 0 bridgehead atoms. The summed E-state index contributed by atoms with van der Waals surface area (Å²) in [6.45, 7) is 21.7. The maximum atomic E-state index is 3.46. The number of hydrogen-bond donors (Lipinski definition) is 0. The zero-order valence-corrected chi connectivity index (χ0v) is 12.1. The second-order valence-corrected chi connectivity index (χ2v) is 1.47. The highest BCUT2D eigenvalue weighted by Crippen LogP contribution is 1.64. The van der Waals surface area contributed by atoms with E-state index in [0.29, 0.717) is 0 Å². The Hall–Kier alpha value is -0.520. The molecule has 0 aromatic heterocycles.